The smallest absolute Gasteiger partial charge is 0.401 e. The van der Waals surface area contributed by atoms with E-state index in [0.717, 1.165) is 18.5 Å². The van der Waals surface area contributed by atoms with Crippen LogP contribution in [0.4, 0.5) is 13.2 Å². The molecule has 168 valence electrons. The van der Waals surface area contributed by atoms with Gasteiger partial charge >= 0.3 is 6.18 Å². The van der Waals surface area contributed by atoms with Crippen LogP contribution in [0, 0.1) is 0 Å². The molecular formula is C19H32F3IN4O2. The van der Waals surface area contributed by atoms with Crippen molar-refractivity contribution in [3.8, 4) is 11.5 Å². The highest BCUT2D eigenvalue weighted by Gasteiger charge is 2.28. The molecule has 6 nitrogen and oxygen atoms in total. The molecule has 0 aliphatic rings. The van der Waals surface area contributed by atoms with E-state index < -0.39 is 12.7 Å². The molecule has 0 amide bonds. The van der Waals surface area contributed by atoms with Crippen molar-refractivity contribution in [1.82, 2.24) is 15.1 Å². The minimum atomic E-state index is -4.16. The van der Waals surface area contributed by atoms with Crippen molar-refractivity contribution in [3.05, 3.63) is 23.8 Å². The predicted molar refractivity (Wildman–Crippen MR) is 121 cm³/mol. The number of halogens is 4. The monoisotopic (exact) mass is 532 g/mol. The van der Waals surface area contributed by atoms with Crippen molar-refractivity contribution < 1.29 is 22.6 Å². The molecule has 0 bridgehead atoms. The number of benzene rings is 1. The predicted octanol–water partition coefficient (Wildman–Crippen LogP) is 3.26. The van der Waals surface area contributed by atoms with Crippen molar-refractivity contribution in [3.63, 3.8) is 0 Å². The Hall–Kier alpha value is -1.43. The Kier molecular flexibility index (Phi) is 13.1. The summed E-state index contributed by atoms with van der Waals surface area (Å²) in [6, 6.07) is 5.81. The van der Waals surface area contributed by atoms with Crippen LogP contribution in [0.25, 0.3) is 0 Å². The Morgan fingerprint density at radius 2 is 1.76 bits per heavy atom. The van der Waals surface area contributed by atoms with E-state index in [9.17, 15) is 13.2 Å². The lowest BCUT2D eigenvalue weighted by Crippen LogP contribution is -2.41. The van der Waals surface area contributed by atoms with Crippen LogP contribution >= 0.6 is 24.0 Å². The Balaban J connectivity index is 0.00000784. The average molecular weight is 532 g/mol. The van der Waals surface area contributed by atoms with Crippen LogP contribution in [0.1, 0.15) is 12.0 Å². The van der Waals surface area contributed by atoms with Gasteiger partial charge in [0, 0.05) is 27.2 Å². The van der Waals surface area contributed by atoms with Gasteiger partial charge in [0.2, 0.25) is 0 Å². The summed E-state index contributed by atoms with van der Waals surface area (Å²) >= 11 is 0. The molecule has 1 aromatic rings. The lowest BCUT2D eigenvalue weighted by molar-refractivity contribution is -0.143. The Labute approximate surface area is 188 Å². The number of hydrogen-bond donors (Lipinski definition) is 1. The van der Waals surface area contributed by atoms with E-state index in [1.807, 2.05) is 30.1 Å². The van der Waals surface area contributed by atoms with Crippen LogP contribution in [0.3, 0.4) is 0 Å². The van der Waals surface area contributed by atoms with Gasteiger partial charge in [-0.25, -0.2) is 0 Å². The van der Waals surface area contributed by atoms with E-state index in [4.69, 9.17) is 9.47 Å². The SMILES string of the molecule is CN=C(NCCCN(C)CC(F)(F)F)N(C)CCc1ccc(OC)c(OC)c1.I. The summed E-state index contributed by atoms with van der Waals surface area (Å²) in [4.78, 5) is 7.48. The average Bonchev–Trinajstić information content (AvgIpc) is 2.64. The first-order valence-corrected chi connectivity index (χ1v) is 9.08. The van der Waals surface area contributed by atoms with Crippen LogP contribution in [0.15, 0.2) is 23.2 Å². The molecule has 0 saturated carbocycles. The number of ether oxygens (including phenoxy) is 2. The number of nitrogens with zero attached hydrogens (tertiary/aromatic N) is 3. The Morgan fingerprint density at radius 1 is 1.10 bits per heavy atom. The number of guanidine groups is 1. The van der Waals surface area contributed by atoms with Gasteiger partial charge < -0.3 is 19.7 Å². The normalized spacial score (nSPS) is 11.8. The number of methoxy groups -OCH3 is 2. The number of aliphatic imine (C=N–C) groups is 1. The second-order valence-electron chi connectivity index (χ2n) is 6.54. The number of likely N-dealkylation sites (N-methyl/N-ethyl adjacent to an activating group) is 1. The third-order valence-corrected chi connectivity index (χ3v) is 4.21. The van der Waals surface area contributed by atoms with Gasteiger partial charge in [0.25, 0.3) is 0 Å². The molecule has 0 heterocycles. The van der Waals surface area contributed by atoms with Gasteiger partial charge in [0.1, 0.15) is 0 Å². The molecule has 1 rings (SSSR count). The molecule has 0 aliphatic carbocycles. The van der Waals surface area contributed by atoms with Crippen LogP contribution in [-0.2, 0) is 6.42 Å². The highest BCUT2D eigenvalue weighted by atomic mass is 127. The first kappa shape index (κ1) is 27.6. The van der Waals surface area contributed by atoms with E-state index in [1.54, 1.807) is 21.3 Å². The lowest BCUT2D eigenvalue weighted by Gasteiger charge is -2.23. The second-order valence-corrected chi connectivity index (χ2v) is 6.54. The van der Waals surface area contributed by atoms with Crippen LogP contribution < -0.4 is 14.8 Å². The maximum atomic E-state index is 12.3. The quantitative estimate of drug-likeness (QED) is 0.217. The van der Waals surface area contributed by atoms with E-state index in [0.29, 0.717) is 37.0 Å². The summed E-state index contributed by atoms with van der Waals surface area (Å²) < 4.78 is 47.5. The number of alkyl halides is 3. The van der Waals surface area contributed by atoms with Crippen molar-refractivity contribution >= 4 is 29.9 Å². The maximum Gasteiger partial charge on any atom is 0.401 e. The lowest BCUT2D eigenvalue weighted by atomic mass is 10.1. The molecule has 1 aromatic carbocycles. The number of hydrogen-bond acceptors (Lipinski definition) is 4. The summed E-state index contributed by atoms with van der Waals surface area (Å²) in [5.41, 5.74) is 1.11. The first-order valence-electron chi connectivity index (χ1n) is 9.08. The fraction of sp³-hybridized carbons (Fsp3) is 0.632. The first-order chi connectivity index (χ1) is 13.2. The molecule has 0 radical (unpaired) electrons. The summed E-state index contributed by atoms with van der Waals surface area (Å²) in [5, 5.41) is 3.19. The minimum absolute atomic E-state index is 0. The standard InChI is InChI=1S/C19H31F3N4O2.HI/c1-23-18(24-10-6-11-25(2)14-19(20,21)22)26(3)12-9-15-7-8-16(27-4)17(13-15)28-5;/h7-8,13H,6,9-12,14H2,1-5H3,(H,23,24);1H. The van der Waals surface area contributed by atoms with Gasteiger partial charge in [-0.2, -0.15) is 13.2 Å². The molecule has 1 N–H and O–H groups in total. The topological polar surface area (TPSA) is 49.3 Å². The fourth-order valence-electron chi connectivity index (χ4n) is 2.76. The molecule has 10 heteroatoms. The number of rotatable bonds is 10. The molecule has 0 saturated heterocycles. The minimum Gasteiger partial charge on any atom is -0.493 e. The van der Waals surface area contributed by atoms with Crippen molar-refractivity contribution in [2.24, 2.45) is 4.99 Å². The highest BCUT2D eigenvalue weighted by molar-refractivity contribution is 14.0. The van der Waals surface area contributed by atoms with E-state index in [-0.39, 0.29) is 24.0 Å². The summed E-state index contributed by atoms with van der Waals surface area (Å²) in [7, 11) is 8.28. The maximum absolute atomic E-state index is 12.3. The van der Waals surface area contributed by atoms with E-state index in [2.05, 4.69) is 10.3 Å². The van der Waals surface area contributed by atoms with Crippen LogP contribution in [-0.4, -0.2) is 83.5 Å². The van der Waals surface area contributed by atoms with Gasteiger partial charge in [-0.3, -0.25) is 9.89 Å². The molecule has 0 unspecified atom stereocenters. The second kappa shape index (κ2) is 13.7. The van der Waals surface area contributed by atoms with Crippen molar-refractivity contribution in [2.45, 2.75) is 19.0 Å². The fourth-order valence-corrected chi connectivity index (χ4v) is 2.76. The molecule has 0 aromatic heterocycles. The van der Waals surface area contributed by atoms with Gasteiger partial charge in [-0.1, -0.05) is 6.07 Å². The van der Waals surface area contributed by atoms with Crippen molar-refractivity contribution in [2.75, 3.05) is 61.5 Å². The van der Waals surface area contributed by atoms with Gasteiger partial charge in [0.15, 0.2) is 17.5 Å². The molecule has 0 fully saturated rings. The van der Waals surface area contributed by atoms with Gasteiger partial charge in [0.05, 0.1) is 20.8 Å². The summed E-state index contributed by atoms with van der Waals surface area (Å²) in [6.45, 7) is 0.741. The van der Waals surface area contributed by atoms with Gasteiger partial charge in [-0.15, -0.1) is 24.0 Å². The Bertz CT molecular complexity index is 630. The third-order valence-electron chi connectivity index (χ3n) is 4.21. The molecule has 0 aliphatic heterocycles. The molecule has 29 heavy (non-hydrogen) atoms. The van der Waals surface area contributed by atoms with Crippen LogP contribution in [0.5, 0.6) is 11.5 Å². The zero-order valence-corrected chi connectivity index (χ0v) is 20.0. The molecule has 0 spiro atoms. The Morgan fingerprint density at radius 3 is 2.31 bits per heavy atom. The van der Waals surface area contributed by atoms with Crippen LogP contribution in [0.2, 0.25) is 0 Å². The highest BCUT2D eigenvalue weighted by Crippen LogP contribution is 2.27. The largest absolute Gasteiger partial charge is 0.493 e. The van der Waals surface area contributed by atoms with E-state index >= 15 is 0 Å². The zero-order chi connectivity index (χ0) is 21.2. The van der Waals surface area contributed by atoms with Crippen molar-refractivity contribution in [1.29, 1.82) is 0 Å². The third kappa shape index (κ3) is 10.8. The number of nitrogens with one attached hydrogen (secondary N) is 1. The summed E-state index contributed by atoms with van der Waals surface area (Å²) in [6.07, 6.45) is -2.79. The van der Waals surface area contributed by atoms with Gasteiger partial charge in [-0.05, 0) is 44.1 Å². The zero-order valence-electron chi connectivity index (χ0n) is 17.7. The molecule has 0 atom stereocenters. The summed E-state index contributed by atoms with van der Waals surface area (Å²) in [5.74, 6) is 2.08. The van der Waals surface area contributed by atoms with E-state index in [1.165, 1.54) is 11.9 Å². The molecular weight excluding hydrogens is 500 g/mol.